The molecule has 128 valence electrons. The summed E-state index contributed by atoms with van der Waals surface area (Å²) in [5.74, 6) is -1.20. The fraction of sp³-hybridized carbons (Fsp3) is 0.158. The number of nitrogens with zero attached hydrogens (tertiary/aromatic N) is 1. The predicted molar refractivity (Wildman–Crippen MR) is 91.8 cm³/mol. The predicted octanol–water partition coefficient (Wildman–Crippen LogP) is 4.28. The summed E-state index contributed by atoms with van der Waals surface area (Å²) in [5, 5.41) is 3.70. The minimum Gasteiger partial charge on any atom is -0.469 e. The van der Waals surface area contributed by atoms with Gasteiger partial charge in [0.25, 0.3) is 0 Å². The molecule has 3 aromatic rings. The van der Waals surface area contributed by atoms with E-state index < -0.39 is 11.8 Å². The van der Waals surface area contributed by atoms with E-state index in [1.165, 1.54) is 31.4 Å². The molecule has 6 heteroatoms. The molecule has 0 amide bonds. The molecule has 0 spiro atoms. The Kier molecular flexibility index (Phi) is 4.61. The Labute approximate surface area is 143 Å². The van der Waals surface area contributed by atoms with Crippen molar-refractivity contribution in [2.75, 3.05) is 12.4 Å². The van der Waals surface area contributed by atoms with Crippen molar-refractivity contribution in [3.63, 3.8) is 0 Å². The monoisotopic (exact) mass is 342 g/mol. The number of ether oxygens (including phenoxy) is 1. The third kappa shape index (κ3) is 3.57. The van der Waals surface area contributed by atoms with Crippen molar-refractivity contribution in [1.82, 2.24) is 4.98 Å². The summed E-state index contributed by atoms with van der Waals surface area (Å²) in [6.07, 6.45) is -0.00862. The number of aryl methyl sites for hydroxylation is 1. The Hall–Kier alpha value is -3.02. The quantitative estimate of drug-likeness (QED) is 0.719. The lowest BCUT2D eigenvalue weighted by Crippen LogP contribution is -2.10. The molecule has 0 saturated heterocycles. The molecule has 4 nitrogen and oxygen atoms in total. The molecule has 0 unspecified atom stereocenters. The van der Waals surface area contributed by atoms with Gasteiger partial charge in [-0.3, -0.25) is 9.78 Å². The second-order valence-corrected chi connectivity index (χ2v) is 5.60. The maximum atomic E-state index is 13.8. The van der Waals surface area contributed by atoms with E-state index in [4.69, 9.17) is 4.74 Å². The number of anilines is 2. The summed E-state index contributed by atoms with van der Waals surface area (Å²) in [5.41, 5.74) is 3.00. The van der Waals surface area contributed by atoms with E-state index in [-0.39, 0.29) is 12.2 Å². The van der Waals surface area contributed by atoms with Gasteiger partial charge in [0, 0.05) is 22.3 Å². The van der Waals surface area contributed by atoms with E-state index in [0.29, 0.717) is 33.5 Å². The molecular weight excluding hydrogens is 326 g/mol. The van der Waals surface area contributed by atoms with Crippen LogP contribution in [0.1, 0.15) is 11.3 Å². The van der Waals surface area contributed by atoms with E-state index in [2.05, 4.69) is 10.3 Å². The number of nitrogens with one attached hydrogen (secondary N) is 1. The van der Waals surface area contributed by atoms with Crippen LogP contribution in [0.4, 0.5) is 20.2 Å². The molecule has 0 aliphatic rings. The van der Waals surface area contributed by atoms with E-state index >= 15 is 0 Å². The van der Waals surface area contributed by atoms with Crippen LogP contribution < -0.4 is 5.32 Å². The molecular formula is C19H16F2N2O2. The van der Waals surface area contributed by atoms with Crippen molar-refractivity contribution in [2.45, 2.75) is 13.3 Å². The number of fused-ring (bicyclic) bond motifs is 1. The number of carbonyl (C=O) groups is 1. The molecule has 1 aromatic heterocycles. The fourth-order valence-electron chi connectivity index (χ4n) is 2.65. The highest BCUT2D eigenvalue weighted by Gasteiger charge is 2.17. The van der Waals surface area contributed by atoms with Crippen LogP contribution in [0.5, 0.6) is 0 Å². The highest BCUT2D eigenvalue weighted by atomic mass is 19.1. The molecule has 0 aliphatic carbocycles. The number of benzene rings is 2. The zero-order chi connectivity index (χ0) is 18.0. The van der Waals surface area contributed by atoms with Gasteiger partial charge in [-0.15, -0.1) is 0 Å². The Morgan fingerprint density at radius 1 is 1.12 bits per heavy atom. The molecule has 0 saturated carbocycles. The third-order valence-corrected chi connectivity index (χ3v) is 3.92. The number of hydrogen-bond donors (Lipinski definition) is 1. The highest BCUT2D eigenvalue weighted by molar-refractivity contribution is 5.96. The third-order valence-electron chi connectivity index (χ3n) is 3.92. The summed E-state index contributed by atoms with van der Waals surface area (Å²) in [6.45, 7) is 1.77. The summed E-state index contributed by atoms with van der Waals surface area (Å²) in [6, 6.07) is 10.0. The van der Waals surface area contributed by atoms with Crippen LogP contribution in [-0.4, -0.2) is 18.1 Å². The van der Waals surface area contributed by atoms with Gasteiger partial charge in [-0.2, -0.15) is 0 Å². The van der Waals surface area contributed by atoms with Gasteiger partial charge < -0.3 is 10.1 Å². The minimum atomic E-state index is -0.428. The molecule has 0 bridgehead atoms. The van der Waals surface area contributed by atoms with Gasteiger partial charge in [-0.25, -0.2) is 8.78 Å². The zero-order valence-electron chi connectivity index (χ0n) is 13.8. The summed E-state index contributed by atoms with van der Waals surface area (Å²) in [4.78, 5) is 16.2. The van der Waals surface area contributed by atoms with Crippen LogP contribution in [0.25, 0.3) is 10.9 Å². The number of halogens is 2. The smallest absolute Gasteiger partial charge is 0.310 e. The Bertz CT molecular complexity index is 940. The van der Waals surface area contributed by atoms with Gasteiger partial charge in [-0.05, 0) is 49.4 Å². The van der Waals surface area contributed by atoms with Gasteiger partial charge in [0.1, 0.15) is 11.6 Å². The van der Waals surface area contributed by atoms with Gasteiger partial charge in [0.2, 0.25) is 0 Å². The lowest BCUT2D eigenvalue weighted by Gasteiger charge is -2.17. The zero-order valence-corrected chi connectivity index (χ0v) is 13.8. The molecule has 0 atom stereocenters. The maximum absolute atomic E-state index is 13.8. The number of methoxy groups -OCH3 is 1. The first-order valence-electron chi connectivity index (χ1n) is 7.66. The number of aromatic nitrogens is 1. The SMILES string of the molecule is COC(=O)Cc1c(C)nc2ccc(F)cc2c1Nc1ccc(F)cc1. The Morgan fingerprint density at radius 2 is 1.80 bits per heavy atom. The van der Waals surface area contributed by atoms with Gasteiger partial charge in [0.15, 0.2) is 0 Å². The normalized spacial score (nSPS) is 10.7. The first-order valence-corrected chi connectivity index (χ1v) is 7.66. The van der Waals surface area contributed by atoms with Gasteiger partial charge in [0.05, 0.1) is 24.7 Å². The van der Waals surface area contributed by atoms with Crippen LogP contribution in [0.3, 0.4) is 0 Å². The summed E-state index contributed by atoms with van der Waals surface area (Å²) < 4.78 is 31.7. The second kappa shape index (κ2) is 6.84. The van der Waals surface area contributed by atoms with E-state index in [1.807, 2.05) is 0 Å². The van der Waals surface area contributed by atoms with Crippen molar-refractivity contribution in [3.8, 4) is 0 Å². The Morgan fingerprint density at radius 3 is 2.48 bits per heavy atom. The lowest BCUT2D eigenvalue weighted by molar-refractivity contribution is -0.139. The molecule has 25 heavy (non-hydrogen) atoms. The average Bonchev–Trinajstić information content (AvgIpc) is 2.60. The van der Waals surface area contributed by atoms with Crippen molar-refractivity contribution in [3.05, 3.63) is 65.4 Å². The van der Waals surface area contributed by atoms with Crippen molar-refractivity contribution < 1.29 is 18.3 Å². The van der Waals surface area contributed by atoms with Crippen molar-refractivity contribution >= 4 is 28.2 Å². The number of pyridine rings is 1. The molecule has 1 N–H and O–H groups in total. The number of esters is 1. The number of carbonyl (C=O) groups excluding carboxylic acids is 1. The van der Waals surface area contributed by atoms with Crippen LogP contribution in [-0.2, 0) is 16.0 Å². The summed E-state index contributed by atoms with van der Waals surface area (Å²) >= 11 is 0. The fourth-order valence-corrected chi connectivity index (χ4v) is 2.65. The van der Waals surface area contributed by atoms with Gasteiger partial charge in [-0.1, -0.05) is 0 Å². The van der Waals surface area contributed by atoms with Crippen molar-refractivity contribution in [2.24, 2.45) is 0 Å². The first kappa shape index (κ1) is 16.8. The van der Waals surface area contributed by atoms with Crippen LogP contribution >= 0.6 is 0 Å². The molecule has 0 radical (unpaired) electrons. The van der Waals surface area contributed by atoms with Crippen LogP contribution in [0, 0.1) is 18.6 Å². The number of rotatable bonds is 4. The van der Waals surface area contributed by atoms with Crippen molar-refractivity contribution in [1.29, 1.82) is 0 Å². The molecule has 0 fully saturated rings. The second-order valence-electron chi connectivity index (χ2n) is 5.60. The largest absolute Gasteiger partial charge is 0.469 e. The maximum Gasteiger partial charge on any atom is 0.310 e. The van der Waals surface area contributed by atoms with E-state index in [9.17, 15) is 13.6 Å². The molecule has 2 aromatic carbocycles. The minimum absolute atomic E-state index is 0.00862. The average molecular weight is 342 g/mol. The topological polar surface area (TPSA) is 51.2 Å². The van der Waals surface area contributed by atoms with Crippen LogP contribution in [0.2, 0.25) is 0 Å². The molecule has 0 aliphatic heterocycles. The van der Waals surface area contributed by atoms with Gasteiger partial charge >= 0.3 is 5.97 Å². The van der Waals surface area contributed by atoms with E-state index in [0.717, 1.165) is 0 Å². The molecule has 1 heterocycles. The Balaban J connectivity index is 2.19. The first-order chi connectivity index (χ1) is 12.0. The lowest BCUT2D eigenvalue weighted by atomic mass is 10.0. The number of hydrogen-bond acceptors (Lipinski definition) is 4. The van der Waals surface area contributed by atoms with E-state index in [1.54, 1.807) is 25.1 Å². The molecule has 3 rings (SSSR count). The standard InChI is InChI=1S/C19H16F2N2O2/c1-11-15(10-18(24)25-2)19(23-14-6-3-12(20)4-7-14)16-9-13(21)5-8-17(16)22-11/h3-9H,10H2,1-2H3,(H,22,23). The summed E-state index contributed by atoms with van der Waals surface area (Å²) in [7, 11) is 1.30. The highest BCUT2D eigenvalue weighted by Crippen LogP contribution is 2.32. The van der Waals surface area contributed by atoms with Crippen LogP contribution in [0.15, 0.2) is 42.5 Å².